The first-order valence-corrected chi connectivity index (χ1v) is 5.86. The molecule has 94 valence electrons. The van der Waals surface area contributed by atoms with Gasteiger partial charge >= 0.3 is 0 Å². The fourth-order valence-corrected chi connectivity index (χ4v) is 1.85. The molecule has 1 aromatic carbocycles. The summed E-state index contributed by atoms with van der Waals surface area (Å²) in [4.78, 5) is 0. The molecule has 4 nitrogen and oxygen atoms in total. The van der Waals surface area contributed by atoms with Crippen LogP contribution in [-0.2, 0) is 13.2 Å². The molecule has 0 aliphatic heterocycles. The van der Waals surface area contributed by atoms with Crippen LogP contribution >= 0.6 is 0 Å². The molecular weight excluding hydrogens is 226 g/mol. The Kier molecular flexibility index (Phi) is 3.58. The van der Waals surface area contributed by atoms with E-state index in [-0.39, 0.29) is 6.61 Å². The van der Waals surface area contributed by atoms with E-state index in [9.17, 15) is 5.11 Å². The second kappa shape index (κ2) is 5.14. The Hall–Kier alpha value is -1.94. The van der Waals surface area contributed by atoms with Gasteiger partial charge in [-0.05, 0) is 13.8 Å². The van der Waals surface area contributed by atoms with Crippen LogP contribution in [0.4, 0.5) is 0 Å². The van der Waals surface area contributed by atoms with E-state index >= 15 is 0 Å². The molecule has 0 aliphatic carbocycles. The summed E-state index contributed by atoms with van der Waals surface area (Å²) in [6, 6.07) is 8.10. The molecule has 1 heterocycles. The van der Waals surface area contributed by atoms with E-state index < -0.39 is 0 Å². The third-order valence-corrected chi connectivity index (χ3v) is 2.70. The van der Waals surface area contributed by atoms with Gasteiger partial charge in [0.1, 0.15) is 5.69 Å². The van der Waals surface area contributed by atoms with Gasteiger partial charge in [0, 0.05) is 5.56 Å². The first kappa shape index (κ1) is 12.5. The number of nitrogens with zero attached hydrogens (tertiary/aromatic N) is 3. The van der Waals surface area contributed by atoms with Crippen molar-refractivity contribution in [2.75, 3.05) is 0 Å². The zero-order valence-corrected chi connectivity index (χ0v) is 10.7. The molecule has 0 fully saturated rings. The summed E-state index contributed by atoms with van der Waals surface area (Å²) in [5, 5.41) is 17.4. The molecule has 0 bridgehead atoms. The summed E-state index contributed by atoms with van der Waals surface area (Å²) in [5.41, 5.74) is 4.66. The molecule has 2 rings (SSSR count). The molecule has 4 heteroatoms. The van der Waals surface area contributed by atoms with Gasteiger partial charge in [-0.1, -0.05) is 47.2 Å². The van der Waals surface area contributed by atoms with E-state index in [0.717, 1.165) is 16.8 Å². The second-order valence-corrected chi connectivity index (χ2v) is 4.52. The lowest BCUT2D eigenvalue weighted by Gasteiger charge is -2.07. The molecule has 0 amide bonds. The molecule has 0 saturated carbocycles. The van der Waals surface area contributed by atoms with Crippen LogP contribution in [0.2, 0.25) is 0 Å². The Bertz CT molecular complexity index is 555. The first-order chi connectivity index (χ1) is 8.61. The maximum absolute atomic E-state index is 9.34. The maximum atomic E-state index is 9.34. The summed E-state index contributed by atoms with van der Waals surface area (Å²) >= 11 is 0. The standard InChI is InChI=1S/C14H17N3O/c1-10(2)8-17-14(13(9-18)15-16-17)12-6-4-11(3)5-7-12/h4-7,18H,1,8-9H2,2-3H3. The molecule has 0 saturated heterocycles. The van der Waals surface area contributed by atoms with E-state index in [2.05, 4.69) is 16.9 Å². The van der Waals surface area contributed by atoms with E-state index in [4.69, 9.17) is 0 Å². The molecule has 0 radical (unpaired) electrons. The Balaban J connectivity index is 2.49. The van der Waals surface area contributed by atoms with Crippen LogP contribution in [0, 0.1) is 6.92 Å². The normalized spacial score (nSPS) is 10.6. The van der Waals surface area contributed by atoms with Crippen LogP contribution in [0.1, 0.15) is 18.2 Å². The third kappa shape index (κ3) is 2.49. The Morgan fingerprint density at radius 2 is 2.00 bits per heavy atom. The Morgan fingerprint density at radius 1 is 1.33 bits per heavy atom. The van der Waals surface area contributed by atoms with Crippen molar-refractivity contribution < 1.29 is 5.11 Å². The molecular formula is C14H17N3O. The highest BCUT2D eigenvalue weighted by Gasteiger charge is 2.13. The predicted octanol–water partition coefficient (Wildman–Crippen LogP) is 2.32. The van der Waals surface area contributed by atoms with Gasteiger partial charge in [-0.2, -0.15) is 0 Å². The quantitative estimate of drug-likeness (QED) is 0.838. The Labute approximate surface area is 107 Å². The van der Waals surface area contributed by atoms with E-state index in [1.165, 1.54) is 5.56 Å². The van der Waals surface area contributed by atoms with Crippen LogP contribution in [0.5, 0.6) is 0 Å². The number of rotatable bonds is 4. The number of aryl methyl sites for hydroxylation is 1. The highest BCUT2D eigenvalue weighted by atomic mass is 16.3. The van der Waals surface area contributed by atoms with Crippen molar-refractivity contribution in [3.05, 3.63) is 47.7 Å². The molecule has 0 spiro atoms. The summed E-state index contributed by atoms with van der Waals surface area (Å²) in [6.45, 7) is 8.36. The lowest BCUT2D eigenvalue weighted by Crippen LogP contribution is -2.03. The minimum absolute atomic E-state index is 0.112. The SMILES string of the molecule is C=C(C)Cn1nnc(CO)c1-c1ccc(C)cc1. The van der Waals surface area contributed by atoms with E-state index in [0.29, 0.717) is 12.2 Å². The fourth-order valence-electron chi connectivity index (χ4n) is 1.85. The number of allylic oxidation sites excluding steroid dienone is 1. The zero-order chi connectivity index (χ0) is 13.1. The average molecular weight is 243 g/mol. The molecule has 0 aliphatic rings. The first-order valence-electron chi connectivity index (χ1n) is 5.86. The molecule has 1 N–H and O–H groups in total. The highest BCUT2D eigenvalue weighted by Crippen LogP contribution is 2.23. The number of aromatic nitrogens is 3. The lowest BCUT2D eigenvalue weighted by molar-refractivity contribution is 0.277. The lowest BCUT2D eigenvalue weighted by atomic mass is 10.1. The van der Waals surface area contributed by atoms with Crippen LogP contribution in [-0.4, -0.2) is 20.1 Å². The summed E-state index contributed by atoms with van der Waals surface area (Å²) in [5.74, 6) is 0. The Morgan fingerprint density at radius 3 is 2.56 bits per heavy atom. The summed E-state index contributed by atoms with van der Waals surface area (Å²) in [7, 11) is 0. The van der Waals surface area contributed by atoms with Gasteiger partial charge in [-0.25, -0.2) is 4.68 Å². The summed E-state index contributed by atoms with van der Waals surface area (Å²) in [6.07, 6.45) is 0. The molecule has 0 unspecified atom stereocenters. The molecule has 2 aromatic rings. The van der Waals surface area contributed by atoms with Crippen LogP contribution < -0.4 is 0 Å². The van der Waals surface area contributed by atoms with Crippen molar-refractivity contribution in [1.29, 1.82) is 0 Å². The number of aliphatic hydroxyl groups excluding tert-OH is 1. The number of aliphatic hydroxyl groups is 1. The monoisotopic (exact) mass is 243 g/mol. The fraction of sp³-hybridized carbons (Fsp3) is 0.286. The minimum Gasteiger partial charge on any atom is -0.390 e. The highest BCUT2D eigenvalue weighted by molar-refractivity contribution is 5.62. The number of benzene rings is 1. The maximum Gasteiger partial charge on any atom is 0.116 e. The van der Waals surface area contributed by atoms with Gasteiger partial charge in [0.05, 0.1) is 18.8 Å². The van der Waals surface area contributed by atoms with Crippen LogP contribution in [0.25, 0.3) is 11.3 Å². The second-order valence-electron chi connectivity index (χ2n) is 4.52. The van der Waals surface area contributed by atoms with E-state index in [1.54, 1.807) is 4.68 Å². The number of hydrogen-bond acceptors (Lipinski definition) is 3. The number of hydrogen-bond donors (Lipinski definition) is 1. The molecule has 1 aromatic heterocycles. The molecule has 18 heavy (non-hydrogen) atoms. The van der Waals surface area contributed by atoms with E-state index in [1.807, 2.05) is 38.1 Å². The third-order valence-electron chi connectivity index (χ3n) is 2.70. The van der Waals surface area contributed by atoms with Crippen molar-refractivity contribution in [3.8, 4) is 11.3 Å². The predicted molar refractivity (Wildman–Crippen MR) is 70.9 cm³/mol. The summed E-state index contributed by atoms with van der Waals surface area (Å²) < 4.78 is 1.78. The zero-order valence-electron chi connectivity index (χ0n) is 10.7. The van der Waals surface area contributed by atoms with Crippen molar-refractivity contribution in [2.45, 2.75) is 27.0 Å². The average Bonchev–Trinajstić information content (AvgIpc) is 2.72. The van der Waals surface area contributed by atoms with Gasteiger partial charge in [0.15, 0.2) is 0 Å². The van der Waals surface area contributed by atoms with Gasteiger partial charge in [0.25, 0.3) is 0 Å². The van der Waals surface area contributed by atoms with Gasteiger partial charge < -0.3 is 5.11 Å². The van der Waals surface area contributed by atoms with Gasteiger partial charge in [-0.15, -0.1) is 5.10 Å². The van der Waals surface area contributed by atoms with Crippen LogP contribution in [0.15, 0.2) is 36.4 Å². The largest absolute Gasteiger partial charge is 0.390 e. The van der Waals surface area contributed by atoms with Gasteiger partial charge in [0.2, 0.25) is 0 Å². The van der Waals surface area contributed by atoms with Gasteiger partial charge in [-0.3, -0.25) is 0 Å². The molecule has 0 atom stereocenters. The van der Waals surface area contributed by atoms with Crippen molar-refractivity contribution in [1.82, 2.24) is 15.0 Å². The van der Waals surface area contributed by atoms with Crippen molar-refractivity contribution in [3.63, 3.8) is 0 Å². The topological polar surface area (TPSA) is 50.9 Å². The minimum atomic E-state index is -0.112. The van der Waals surface area contributed by atoms with Crippen molar-refractivity contribution in [2.24, 2.45) is 0 Å². The van der Waals surface area contributed by atoms with Crippen LogP contribution in [0.3, 0.4) is 0 Å². The smallest absolute Gasteiger partial charge is 0.116 e. The van der Waals surface area contributed by atoms with Crippen molar-refractivity contribution >= 4 is 0 Å².